The summed E-state index contributed by atoms with van der Waals surface area (Å²) in [5.74, 6) is -0.343. The molecule has 33 heavy (non-hydrogen) atoms. The third kappa shape index (κ3) is 5.26. The lowest BCUT2D eigenvalue weighted by atomic mass is 9.70. The van der Waals surface area contributed by atoms with Crippen molar-refractivity contribution in [1.82, 2.24) is 10.7 Å². The van der Waals surface area contributed by atoms with Crippen molar-refractivity contribution in [2.45, 2.75) is 53.0 Å². The molecule has 2 amide bonds. The highest BCUT2D eigenvalue weighted by Gasteiger charge is 2.60. The van der Waals surface area contributed by atoms with E-state index in [0.29, 0.717) is 5.92 Å². The van der Waals surface area contributed by atoms with Crippen LogP contribution >= 0.6 is 0 Å². The van der Waals surface area contributed by atoms with Gasteiger partial charge in [0.05, 0.1) is 7.11 Å². The molecule has 0 spiro atoms. The van der Waals surface area contributed by atoms with Crippen LogP contribution in [0.5, 0.6) is 5.75 Å². The summed E-state index contributed by atoms with van der Waals surface area (Å²) in [6.07, 6.45) is 6.09. The van der Waals surface area contributed by atoms with Crippen molar-refractivity contribution in [2.75, 3.05) is 13.7 Å². The molecule has 2 fully saturated rings. The fourth-order valence-corrected chi connectivity index (χ4v) is 4.73. The van der Waals surface area contributed by atoms with E-state index in [-0.39, 0.29) is 10.8 Å². The first-order chi connectivity index (χ1) is 15.6. The Labute approximate surface area is 194 Å². The number of esters is 1. The van der Waals surface area contributed by atoms with Gasteiger partial charge in [-0.05, 0) is 61.3 Å². The van der Waals surface area contributed by atoms with Crippen LogP contribution in [-0.4, -0.2) is 43.3 Å². The van der Waals surface area contributed by atoms with E-state index in [0.717, 1.165) is 29.9 Å². The molecule has 0 saturated heterocycles. The van der Waals surface area contributed by atoms with Gasteiger partial charge in [0.15, 0.2) is 6.61 Å². The molecule has 1 aromatic carbocycles. The van der Waals surface area contributed by atoms with Crippen LogP contribution in [0.25, 0.3) is 6.08 Å². The van der Waals surface area contributed by atoms with E-state index < -0.39 is 30.4 Å². The van der Waals surface area contributed by atoms with Gasteiger partial charge in [-0.3, -0.25) is 9.59 Å². The SMILES string of the molecule is COc1ccc(/C=C/C(=O)NC(C)C(=O)OCC(=O)N/N=C2\CC3CCC2(C)C3(C)C)cc1. The summed E-state index contributed by atoms with van der Waals surface area (Å²) in [5, 5.41) is 6.87. The Bertz CT molecular complexity index is 967. The number of hydrogen-bond donors (Lipinski definition) is 2. The third-order valence-corrected chi connectivity index (χ3v) is 7.43. The summed E-state index contributed by atoms with van der Waals surface area (Å²) >= 11 is 0. The Balaban J connectivity index is 1.42. The second-order valence-electron chi connectivity index (χ2n) is 9.53. The average Bonchev–Trinajstić information content (AvgIpc) is 3.13. The fraction of sp³-hybridized carbons (Fsp3) is 0.520. The van der Waals surface area contributed by atoms with E-state index in [2.05, 4.69) is 36.6 Å². The van der Waals surface area contributed by atoms with Crippen LogP contribution in [0.2, 0.25) is 0 Å². The van der Waals surface area contributed by atoms with Gasteiger partial charge >= 0.3 is 5.97 Å². The van der Waals surface area contributed by atoms with Gasteiger partial charge in [-0.2, -0.15) is 5.10 Å². The van der Waals surface area contributed by atoms with E-state index in [4.69, 9.17) is 9.47 Å². The van der Waals surface area contributed by atoms with Crippen LogP contribution in [0.4, 0.5) is 0 Å². The van der Waals surface area contributed by atoms with Crippen LogP contribution in [0, 0.1) is 16.7 Å². The van der Waals surface area contributed by atoms with Crippen molar-refractivity contribution >= 4 is 29.6 Å². The minimum absolute atomic E-state index is 0.0141. The van der Waals surface area contributed by atoms with Gasteiger partial charge in [0.25, 0.3) is 5.91 Å². The highest BCUT2D eigenvalue weighted by molar-refractivity contribution is 5.96. The number of hydrogen-bond acceptors (Lipinski definition) is 6. The second-order valence-corrected chi connectivity index (χ2v) is 9.53. The number of benzene rings is 1. The molecule has 2 aliphatic carbocycles. The predicted octanol–water partition coefficient (Wildman–Crippen LogP) is 3.07. The molecule has 2 bridgehead atoms. The van der Waals surface area contributed by atoms with Gasteiger partial charge in [-0.25, -0.2) is 10.2 Å². The van der Waals surface area contributed by atoms with Crippen molar-refractivity contribution in [3.8, 4) is 5.75 Å². The summed E-state index contributed by atoms with van der Waals surface area (Å²) in [7, 11) is 1.58. The molecule has 0 radical (unpaired) electrons. The Morgan fingerprint density at radius 2 is 1.91 bits per heavy atom. The number of fused-ring (bicyclic) bond motifs is 2. The van der Waals surface area contributed by atoms with Crippen molar-refractivity contribution in [2.24, 2.45) is 21.8 Å². The molecule has 178 valence electrons. The monoisotopic (exact) mass is 455 g/mol. The highest BCUT2D eigenvalue weighted by atomic mass is 16.5. The number of carbonyl (C=O) groups excluding carboxylic acids is 3. The maximum absolute atomic E-state index is 12.1. The Morgan fingerprint density at radius 3 is 2.48 bits per heavy atom. The van der Waals surface area contributed by atoms with Crippen molar-refractivity contribution < 1.29 is 23.9 Å². The van der Waals surface area contributed by atoms with Crippen LogP contribution in [0.15, 0.2) is 35.4 Å². The largest absolute Gasteiger partial charge is 0.497 e. The van der Waals surface area contributed by atoms with E-state index in [1.165, 1.54) is 19.4 Å². The van der Waals surface area contributed by atoms with E-state index >= 15 is 0 Å². The normalized spacial score (nSPS) is 25.1. The first kappa shape index (κ1) is 24.5. The Kier molecular flexibility index (Phi) is 7.25. The van der Waals surface area contributed by atoms with Crippen LogP contribution in [0.1, 0.15) is 52.5 Å². The first-order valence-electron chi connectivity index (χ1n) is 11.2. The van der Waals surface area contributed by atoms with Crippen LogP contribution < -0.4 is 15.5 Å². The summed E-state index contributed by atoms with van der Waals surface area (Å²) in [4.78, 5) is 36.3. The van der Waals surface area contributed by atoms with Crippen molar-refractivity contribution in [3.63, 3.8) is 0 Å². The van der Waals surface area contributed by atoms with Crippen molar-refractivity contribution in [3.05, 3.63) is 35.9 Å². The number of methoxy groups -OCH3 is 1. The summed E-state index contributed by atoms with van der Waals surface area (Å²) in [6.45, 7) is 7.77. The number of hydrazone groups is 1. The lowest BCUT2D eigenvalue weighted by molar-refractivity contribution is -0.150. The van der Waals surface area contributed by atoms with Crippen LogP contribution in [0.3, 0.4) is 0 Å². The maximum Gasteiger partial charge on any atom is 0.328 e. The highest BCUT2D eigenvalue weighted by Crippen LogP contribution is 2.63. The molecule has 0 aliphatic heterocycles. The lowest BCUT2D eigenvalue weighted by Crippen LogP contribution is -2.40. The number of nitrogens with zero attached hydrogens (tertiary/aromatic N) is 1. The molecular weight excluding hydrogens is 422 g/mol. The number of nitrogens with one attached hydrogen (secondary N) is 2. The number of ether oxygens (including phenoxy) is 2. The number of amides is 2. The zero-order chi connectivity index (χ0) is 24.2. The average molecular weight is 456 g/mol. The molecule has 8 nitrogen and oxygen atoms in total. The van der Waals surface area contributed by atoms with E-state index in [1.54, 1.807) is 37.5 Å². The molecule has 1 aromatic rings. The number of carbonyl (C=O) groups is 3. The molecule has 0 aromatic heterocycles. The quantitative estimate of drug-likeness (QED) is 0.356. The molecule has 8 heteroatoms. The summed E-state index contributed by atoms with van der Waals surface area (Å²) in [5.41, 5.74) is 4.49. The Hall–Kier alpha value is -3.16. The van der Waals surface area contributed by atoms with E-state index in [9.17, 15) is 14.4 Å². The minimum Gasteiger partial charge on any atom is -0.497 e. The van der Waals surface area contributed by atoms with Crippen LogP contribution in [-0.2, 0) is 19.1 Å². The zero-order valence-electron chi connectivity index (χ0n) is 19.9. The fourth-order valence-electron chi connectivity index (χ4n) is 4.73. The molecule has 3 atom stereocenters. The maximum atomic E-state index is 12.1. The van der Waals surface area contributed by atoms with Gasteiger partial charge in [0.1, 0.15) is 11.8 Å². The smallest absolute Gasteiger partial charge is 0.328 e. The van der Waals surface area contributed by atoms with Gasteiger partial charge in [0, 0.05) is 17.2 Å². The van der Waals surface area contributed by atoms with Crippen molar-refractivity contribution in [1.29, 1.82) is 0 Å². The minimum atomic E-state index is -0.901. The zero-order valence-corrected chi connectivity index (χ0v) is 19.9. The Morgan fingerprint density at radius 1 is 1.21 bits per heavy atom. The van der Waals surface area contributed by atoms with Gasteiger partial charge in [-0.1, -0.05) is 32.9 Å². The molecule has 2 aliphatic rings. The molecule has 3 rings (SSSR count). The van der Waals surface area contributed by atoms with Gasteiger partial charge < -0.3 is 14.8 Å². The molecule has 2 N–H and O–H groups in total. The molecule has 0 heterocycles. The predicted molar refractivity (Wildman–Crippen MR) is 125 cm³/mol. The molecule has 3 unspecified atom stereocenters. The molecular formula is C25H33N3O5. The van der Waals surface area contributed by atoms with E-state index in [1.807, 2.05) is 0 Å². The first-order valence-corrected chi connectivity index (χ1v) is 11.2. The third-order valence-electron chi connectivity index (χ3n) is 7.43. The summed E-state index contributed by atoms with van der Waals surface area (Å²) in [6, 6.07) is 6.28. The standard InChI is InChI=1S/C25H33N3O5/c1-16(26-21(29)11-8-17-6-9-19(32-5)10-7-17)23(31)33-15-22(30)28-27-20-14-18-12-13-25(20,4)24(18,2)3/h6-11,16,18H,12-15H2,1-5H3,(H,26,29)(H,28,30)/b11-8+,27-20+. The van der Waals surface area contributed by atoms with Gasteiger partial charge in [-0.15, -0.1) is 0 Å². The van der Waals surface area contributed by atoms with Gasteiger partial charge in [0.2, 0.25) is 5.91 Å². The molecule has 2 saturated carbocycles. The lowest BCUT2D eigenvalue weighted by Gasteiger charge is -2.34. The number of rotatable bonds is 8. The summed E-state index contributed by atoms with van der Waals surface area (Å²) < 4.78 is 10.1. The topological polar surface area (TPSA) is 106 Å². The second kappa shape index (κ2) is 9.77.